The molecule has 0 radical (unpaired) electrons. The van der Waals surface area contributed by atoms with Crippen LogP contribution in [0.25, 0.3) is 0 Å². The summed E-state index contributed by atoms with van der Waals surface area (Å²) >= 11 is 1.22. The fraction of sp³-hybridized carbons (Fsp3) is 0. The van der Waals surface area contributed by atoms with Crippen LogP contribution in [0, 0.1) is 11.6 Å². The van der Waals surface area contributed by atoms with Gasteiger partial charge in [-0.2, -0.15) is 11.4 Å². The molecule has 0 fully saturated rings. The third kappa shape index (κ3) is 4.43. The van der Waals surface area contributed by atoms with E-state index < -0.39 is 9.84 Å². The largest absolute Gasteiger partial charge is 1.00 e. The summed E-state index contributed by atoms with van der Waals surface area (Å²) in [5, 5.41) is 4.22. The van der Waals surface area contributed by atoms with Gasteiger partial charge in [0.1, 0.15) is 0 Å². The number of hydrogen-bond donors (Lipinski definition) is 0. The van der Waals surface area contributed by atoms with Crippen molar-refractivity contribution < 1.29 is 46.1 Å². The quantitative estimate of drug-likeness (QED) is 0.316. The van der Waals surface area contributed by atoms with Crippen molar-refractivity contribution in [3.8, 4) is 0 Å². The average Bonchev–Trinajstić information content (AvgIpc) is 2.08. The summed E-state index contributed by atoms with van der Waals surface area (Å²) in [6, 6.07) is 1.48. The van der Waals surface area contributed by atoms with E-state index in [1.165, 1.54) is 17.4 Å². The van der Waals surface area contributed by atoms with Crippen LogP contribution < -0.4 is 37.7 Å². The van der Waals surface area contributed by atoms with Gasteiger partial charge in [0.05, 0.1) is 0 Å². The van der Waals surface area contributed by atoms with Crippen LogP contribution in [-0.2, 0) is 9.84 Å². The molecule has 0 aliphatic heterocycles. The first-order chi connectivity index (χ1) is 4.11. The Labute approximate surface area is 94.7 Å². The molecule has 0 N–H and O–H groups in total. The molecule has 1 rings (SSSR count). The average molecular weight is 174 g/mol. The molecule has 6 heteroatoms. The Morgan fingerprint density at radius 1 is 1.45 bits per heavy atom. The maximum absolute atomic E-state index is 10.6. The SMILES string of the molecule is [CH2-]S(=O)(=O)c1[c-]scc1.[Li+].[Li+]. The zero-order chi connectivity index (χ0) is 6.91. The predicted molar refractivity (Wildman–Crippen MR) is 35.7 cm³/mol. The maximum Gasteiger partial charge on any atom is 1.00 e. The summed E-state index contributed by atoms with van der Waals surface area (Å²) in [6.07, 6.45) is 2.96. The minimum atomic E-state index is -3.25. The van der Waals surface area contributed by atoms with Crippen LogP contribution in [0.1, 0.15) is 0 Å². The number of rotatable bonds is 1. The zero-order valence-corrected chi connectivity index (χ0v) is 8.13. The van der Waals surface area contributed by atoms with Gasteiger partial charge in [-0.05, 0) is 0 Å². The molecule has 50 valence electrons. The minimum Gasteiger partial charge on any atom is -0.303 e. The summed E-state index contributed by atoms with van der Waals surface area (Å²) in [7, 11) is -3.25. The summed E-state index contributed by atoms with van der Waals surface area (Å²) in [6.45, 7) is 0. The van der Waals surface area contributed by atoms with Gasteiger partial charge in [0.25, 0.3) is 0 Å². The third-order valence-corrected chi connectivity index (χ3v) is 2.43. The second-order valence-electron chi connectivity index (χ2n) is 1.50. The first kappa shape index (κ1) is 14.4. The van der Waals surface area contributed by atoms with Gasteiger partial charge >= 0.3 is 37.7 Å². The Kier molecular flexibility index (Phi) is 7.17. The molecule has 0 unspecified atom stereocenters. The molecule has 0 saturated carbocycles. The maximum atomic E-state index is 10.6. The van der Waals surface area contributed by atoms with Crippen molar-refractivity contribution in [3.05, 3.63) is 23.1 Å². The van der Waals surface area contributed by atoms with Crippen molar-refractivity contribution in [2.24, 2.45) is 0 Å². The van der Waals surface area contributed by atoms with E-state index in [-0.39, 0.29) is 42.6 Å². The molecule has 0 amide bonds. The van der Waals surface area contributed by atoms with Gasteiger partial charge in [-0.3, -0.25) is 8.42 Å². The smallest absolute Gasteiger partial charge is 0.303 e. The first-order valence-corrected chi connectivity index (χ1v) is 4.67. The molecule has 11 heavy (non-hydrogen) atoms. The number of hydrogen-bond acceptors (Lipinski definition) is 3. The van der Waals surface area contributed by atoms with Gasteiger partial charge in [0, 0.05) is 9.84 Å². The summed E-state index contributed by atoms with van der Waals surface area (Å²) < 4.78 is 21.1. The van der Waals surface area contributed by atoms with Gasteiger partial charge in [0.2, 0.25) is 0 Å². The van der Waals surface area contributed by atoms with E-state index in [9.17, 15) is 8.42 Å². The Balaban J connectivity index is 0. The van der Waals surface area contributed by atoms with Crippen molar-refractivity contribution in [2.45, 2.75) is 4.90 Å². The molecule has 0 saturated heterocycles. The Hall–Kier alpha value is 0.845. The second kappa shape index (κ2) is 5.48. The van der Waals surface area contributed by atoms with Crippen LogP contribution in [-0.4, -0.2) is 8.42 Å². The van der Waals surface area contributed by atoms with Crippen molar-refractivity contribution >= 4 is 21.2 Å². The van der Waals surface area contributed by atoms with Crippen LogP contribution in [0.4, 0.5) is 0 Å². The Morgan fingerprint density at radius 2 is 2.00 bits per heavy atom. The predicted octanol–water partition coefficient (Wildman–Crippen LogP) is -4.88. The van der Waals surface area contributed by atoms with E-state index in [0.717, 1.165) is 0 Å². The molecule has 0 aliphatic rings. The summed E-state index contributed by atoms with van der Waals surface area (Å²) in [4.78, 5) is 0.174. The van der Waals surface area contributed by atoms with Gasteiger partial charge in [-0.1, -0.05) is 4.90 Å². The van der Waals surface area contributed by atoms with Gasteiger partial charge in [-0.15, -0.1) is 5.38 Å². The molecule has 0 aromatic carbocycles. The molecular weight excluding hydrogens is 170 g/mol. The molecule has 0 aliphatic carbocycles. The molecule has 2 nitrogen and oxygen atoms in total. The standard InChI is InChI=1S/C5H4O2S2.2Li/c1-9(6,7)5-2-3-8-4-5;;/h2-3H,1H2;;/q-2;2*+1. The van der Waals surface area contributed by atoms with Crippen molar-refractivity contribution in [3.63, 3.8) is 0 Å². The van der Waals surface area contributed by atoms with E-state index in [1.54, 1.807) is 5.38 Å². The van der Waals surface area contributed by atoms with Crippen LogP contribution in [0.5, 0.6) is 0 Å². The fourth-order valence-electron chi connectivity index (χ4n) is 0.389. The Bertz CT molecular complexity index is 277. The van der Waals surface area contributed by atoms with Crippen LogP contribution in [0.2, 0.25) is 0 Å². The molecule has 1 aromatic rings. The summed E-state index contributed by atoms with van der Waals surface area (Å²) in [5.74, 6) is 0. The molecule has 1 heterocycles. The molecule has 0 spiro atoms. The second-order valence-corrected chi connectivity index (χ2v) is 3.88. The van der Waals surface area contributed by atoms with Crippen LogP contribution in [0.15, 0.2) is 16.3 Å². The number of sulfone groups is 1. The molecule has 1 aromatic heterocycles. The van der Waals surface area contributed by atoms with E-state index in [0.29, 0.717) is 0 Å². The van der Waals surface area contributed by atoms with Crippen molar-refractivity contribution in [2.75, 3.05) is 0 Å². The normalized spacial score (nSPS) is 9.55. The third-order valence-electron chi connectivity index (χ3n) is 0.782. The van der Waals surface area contributed by atoms with Crippen LogP contribution >= 0.6 is 11.3 Å². The van der Waals surface area contributed by atoms with E-state index >= 15 is 0 Å². The van der Waals surface area contributed by atoms with Gasteiger partial charge in [0.15, 0.2) is 0 Å². The molecule has 0 atom stereocenters. The van der Waals surface area contributed by atoms with Crippen LogP contribution in [0.3, 0.4) is 0 Å². The Morgan fingerprint density at radius 3 is 2.18 bits per heavy atom. The monoisotopic (exact) mass is 174 g/mol. The number of thiophene rings is 1. The van der Waals surface area contributed by atoms with E-state index in [2.05, 4.69) is 11.6 Å². The van der Waals surface area contributed by atoms with Gasteiger partial charge < -0.3 is 11.3 Å². The van der Waals surface area contributed by atoms with E-state index in [4.69, 9.17) is 0 Å². The molecule has 0 bridgehead atoms. The molecular formula is C5H4Li2O2S2. The zero-order valence-electron chi connectivity index (χ0n) is 6.49. The van der Waals surface area contributed by atoms with Crippen molar-refractivity contribution in [1.29, 1.82) is 0 Å². The fourth-order valence-corrected chi connectivity index (χ4v) is 1.86. The first-order valence-electron chi connectivity index (χ1n) is 2.14. The summed E-state index contributed by atoms with van der Waals surface area (Å²) in [5.41, 5.74) is 0. The van der Waals surface area contributed by atoms with E-state index in [1.807, 2.05) is 0 Å². The topological polar surface area (TPSA) is 34.1 Å². The van der Waals surface area contributed by atoms with Crippen molar-refractivity contribution in [1.82, 2.24) is 0 Å². The van der Waals surface area contributed by atoms with Gasteiger partial charge in [-0.25, -0.2) is 6.26 Å². The minimum absolute atomic E-state index is 0.